The van der Waals surface area contributed by atoms with E-state index in [-0.39, 0.29) is 43.8 Å². The second kappa shape index (κ2) is 53.9. The first kappa shape index (κ1) is 104. The van der Waals surface area contributed by atoms with Gasteiger partial charge in [-0.2, -0.15) is 29.9 Å². The van der Waals surface area contributed by atoms with Crippen LogP contribution in [0, 0.1) is 0 Å². The van der Waals surface area contributed by atoms with Gasteiger partial charge in [0.15, 0.2) is 34.0 Å². The Morgan fingerprint density at radius 2 is 1.01 bits per heavy atom. The number of carboxylic acids is 1. The number of likely N-dealkylation sites (N-methyl/N-ethyl adjacent to an activating group) is 4. The Labute approximate surface area is 766 Å². The first-order chi connectivity index (χ1) is 61.7. The zero-order valence-corrected chi connectivity index (χ0v) is 79.1. The van der Waals surface area contributed by atoms with Gasteiger partial charge in [0.25, 0.3) is 12.0 Å². The number of aryl methyl sites for hydroxylation is 2. The maximum Gasteiger partial charge on any atom is 0.408 e. The number of esters is 1. The van der Waals surface area contributed by atoms with Crippen LogP contribution in [0.25, 0.3) is 22.3 Å². The zero-order valence-electron chi connectivity index (χ0n) is 77.5. The zero-order chi connectivity index (χ0) is 94.0. The summed E-state index contributed by atoms with van der Waals surface area (Å²) in [5.74, 6) is -1.52. The van der Waals surface area contributed by atoms with E-state index in [0.717, 1.165) is 126 Å². The smallest absolute Gasteiger partial charge is 0.408 e. The number of halogens is 1. The molecule has 4 aromatic heterocycles. The Morgan fingerprint density at radius 3 is 1.45 bits per heavy atom. The molecule has 35 heteroatoms. The van der Waals surface area contributed by atoms with Gasteiger partial charge in [-0.25, -0.2) is 14.4 Å². The van der Waals surface area contributed by atoms with Crippen molar-refractivity contribution in [3.63, 3.8) is 0 Å². The van der Waals surface area contributed by atoms with Crippen molar-refractivity contribution in [2.24, 2.45) is 0 Å². The highest BCUT2D eigenvalue weighted by Gasteiger charge is 2.33. The molecule has 3 aliphatic heterocycles. The number of unbranched alkanes of at least 4 members (excludes halogenated alkanes) is 2. The van der Waals surface area contributed by atoms with E-state index in [4.69, 9.17) is 45.0 Å². The molecule has 34 nitrogen and oxygen atoms in total. The number of hydrogen-bond donors (Lipinski definition) is 7. The van der Waals surface area contributed by atoms with Gasteiger partial charge in [-0.05, 0) is 122 Å². The van der Waals surface area contributed by atoms with Gasteiger partial charge in [0, 0.05) is 110 Å². The Kier molecular flexibility index (Phi) is 43.5. The number of nitrogens with zero attached hydrogens (tertiary/aromatic N) is 13. The number of hydrogen-bond acceptors (Lipinski definition) is 26. The number of nitrogens with one attached hydrogen (secondary N) is 4. The van der Waals surface area contributed by atoms with Crippen LogP contribution >= 0.6 is 15.9 Å². The standard InChI is InChI=1S/C25H37N7O2.C18H26N2O5.C14H19NO4.C13H20BrN5O2.C12H14N2O2.C12H18N2/c1-4-5-16-34-24-28-22(26)21-23(29-24)32(25(27-21)33-3)13-9-12-31-15-14-30(2)18-20(31)17-19-10-7-6-8-11-19;1-18(2,3)25-17(23)19-14(11-13-9-7-6-8-10-13)16(22)20(4)12-15(21)24-5;1-14(2,3)19-13(18)15-11(12(16)17)9-10-7-5-4-6-8-10;1-3-4-8-21-12-17-10(15)9-11(18-12)19(7-5-6-14)13(16-9)20-2;1-14-8-11(15)13-10(12(14)16)7-9-5-3-2-4-6-9;1-14-8-7-13-12(10-14)9-11-5-3-2-4-6-11/h6-8,10-11,20H,4-5,9,12-18H2,1-3H3,(H2,26,28,29);6-10,14H,11-12H2,1-5H3,(H,19,23);4-8,11H,9H2,1-3H3,(H,15,18)(H,16,17);3-8H2,1-2H3,(H2,15,17,18);2-6,10H,7-8H2,1H3,(H,13,15);2-6,12-13H,7-10H2,1H3. The molecule has 5 atom stereocenters. The highest BCUT2D eigenvalue weighted by Crippen LogP contribution is 2.29. The van der Waals surface area contributed by atoms with Crippen LogP contribution in [0.1, 0.15) is 122 Å². The predicted octanol–water partition coefficient (Wildman–Crippen LogP) is 10.5. The molecule has 129 heavy (non-hydrogen) atoms. The molecule has 5 aromatic carbocycles. The van der Waals surface area contributed by atoms with Crippen molar-refractivity contribution >= 4 is 91.7 Å². The Hall–Kier alpha value is -11.8. The lowest BCUT2D eigenvalue weighted by Crippen LogP contribution is -2.57. The first-order valence-electron chi connectivity index (χ1n) is 43.8. The van der Waals surface area contributed by atoms with Crippen LogP contribution in [0.15, 0.2) is 152 Å². The molecule has 3 saturated heterocycles. The van der Waals surface area contributed by atoms with Gasteiger partial charge in [-0.1, -0.05) is 194 Å². The third kappa shape index (κ3) is 36.7. The molecule has 5 unspecified atom stereocenters. The SMILES string of the molecule is CC(C)(C)OC(=O)NC(Cc1ccccc1)C(=O)O.CCCCOc1nc(N)c2nc(OC)n(CCCBr)c2n1.CCCCOc1nc(N)c2nc(OC)n(CCCN3CCN(C)CC3Cc3ccccc3)c2n1.CN1CC(=O)NC(Cc2ccccc2)C1=O.CN1CCNC(Cc2ccccc2)C1.COC(=O)CN(C)C(=O)C(Cc1ccccc1)NC(=O)OC(C)(C)C. The minimum Gasteiger partial charge on any atom is -0.480 e. The normalized spacial score (nSPS) is 15.7. The lowest BCUT2D eigenvalue weighted by atomic mass is 10.0. The first-order valence-corrected chi connectivity index (χ1v) is 44.9. The van der Waals surface area contributed by atoms with Crippen molar-refractivity contribution in [2.75, 3.05) is 138 Å². The van der Waals surface area contributed by atoms with Gasteiger partial charge in [-0.3, -0.25) is 33.2 Å². The molecule has 702 valence electrons. The Balaban J connectivity index is 0.000000217. The van der Waals surface area contributed by atoms with Crippen molar-refractivity contribution < 1.29 is 71.8 Å². The summed E-state index contributed by atoms with van der Waals surface area (Å²) < 4.78 is 40.8. The van der Waals surface area contributed by atoms with Gasteiger partial charge in [-0.15, -0.1) is 0 Å². The van der Waals surface area contributed by atoms with Crippen LogP contribution < -0.4 is 51.7 Å². The van der Waals surface area contributed by atoms with E-state index in [2.05, 4.69) is 175 Å². The number of alkyl halides is 1. The number of nitrogen functional groups attached to an aromatic ring is 2. The average molecular weight is 1850 g/mol. The maximum atomic E-state index is 12.6. The molecule has 0 radical (unpaired) electrons. The van der Waals surface area contributed by atoms with Gasteiger partial charge in [0.05, 0.1) is 41.1 Å². The van der Waals surface area contributed by atoms with Crippen molar-refractivity contribution in [1.29, 1.82) is 0 Å². The summed E-state index contributed by atoms with van der Waals surface area (Å²) in [7, 11) is 12.0. The van der Waals surface area contributed by atoms with Gasteiger partial charge in [0.1, 0.15) is 35.9 Å². The number of carboxylic acid groups (broad SMARTS) is 1. The highest BCUT2D eigenvalue weighted by molar-refractivity contribution is 9.09. The lowest BCUT2D eigenvalue weighted by molar-refractivity contribution is -0.146. The highest BCUT2D eigenvalue weighted by atomic mass is 79.9. The molecule has 0 saturated carbocycles. The van der Waals surface area contributed by atoms with E-state index >= 15 is 0 Å². The number of aliphatic carboxylic acids is 1. The van der Waals surface area contributed by atoms with Crippen LogP contribution in [0.5, 0.6) is 24.0 Å². The predicted molar refractivity (Wildman–Crippen MR) is 502 cm³/mol. The van der Waals surface area contributed by atoms with Crippen LogP contribution in [-0.4, -0.2) is 279 Å². The van der Waals surface area contributed by atoms with Gasteiger partial charge < -0.3 is 90.6 Å². The van der Waals surface area contributed by atoms with Crippen LogP contribution in [0.3, 0.4) is 0 Å². The van der Waals surface area contributed by atoms with E-state index in [1.807, 2.05) is 100 Å². The second-order valence-electron chi connectivity index (χ2n) is 33.6. The summed E-state index contributed by atoms with van der Waals surface area (Å²) in [6.45, 7) is 24.9. The number of fused-ring (bicyclic) bond motifs is 2. The number of amides is 5. The summed E-state index contributed by atoms with van der Waals surface area (Å²) in [5.41, 5.74) is 18.8. The number of rotatable bonds is 33. The number of ether oxygens (including phenoxy) is 7. The van der Waals surface area contributed by atoms with E-state index in [1.165, 1.54) is 41.6 Å². The maximum absolute atomic E-state index is 12.6. The Bertz CT molecular complexity index is 4900. The van der Waals surface area contributed by atoms with E-state index in [1.54, 1.807) is 62.8 Å². The number of imidazole rings is 2. The fourth-order valence-electron chi connectivity index (χ4n) is 14.0. The topological polar surface area (TPSA) is 408 Å². The minimum absolute atomic E-state index is 0.0246. The molecule has 12 rings (SSSR count). The lowest BCUT2D eigenvalue weighted by Gasteiger charge is -2.40. The number of carbonyl (C=O) groups is 7. The van der Waals surface area contributed by atoms with Crippen LogP contribution in [0.2, 0.25) is 0 Å². The number of benzene rings is 5. The molecule has 3 aliphatic rings. The molecular weight excluding hydrogens is 1720 g/mol. The largest absolute Gasteiger partial charge is 0.480 e. The van der Waals surface area contributed by atoms with Crippen molar-refractivity contribution in [1.82, 2.24) is 84.8 Å². The molecule has 0 bridgehead atoms. The number of anilines is 2. The van der Waals surface area contributed by atoms with Gasteiger partial charge in [0.2, 0.25) is 17.7 Å². The monoisotopic (exact) mass is 1850 g/mol. The fourth-order valence-corrected chi connectivity index (χ4v) is 14.2. The molecule has 0 spiro atoms. The Morgan fingerprint density at radius 1 is 0.566 bits per heavy atom. The third-order valence-electron chi connectivity index (χ3n) is 20.4. The summed E-state index contributed by atoms with van der Waals surface area (Å²) in [6, 6.07) is 50.0. The van der Waals surface area contributed by atoms with Crippen molar-refractivity contribution in [2.45, 2.75) is 181 Å². The second-order valence-corrected chi connectivity index (χ2v) is 34.4. The average Bonchev–Trinajstić information content (AvgIpc) is 1.64. The number of piperazine rings is 3. The van der Waals surface area contributed by atoms with Crippen LogP contribution in [-0.2, 0) is 83.4 Å². The van der Waals surface area contributed by atoms with Crippen molar-refractivity contribution in [3.8, 4) is 24.0 Å². The number of nitrogens with two attached hydrogens (primary N) is 2. The minimum atomic E-state index is -1.09. The summed E-state index contributed by atoms with van der Waals surface area (Å²) in [5, 5.41) is 21.2. The third-order valence-corrected chi connectivity index (χ3v) is 21.0. The van der Waals surface area contributed by atoms with Crippen LogP contribution in [0.4, 0.5) is 21.2 Å². The van der Waals surface area contributed by atoms with E-state index < -0.39 is 59.4 Å². The molecule has 9 aromatic rings. The van der Waals surface area contributed by atoms with E-state index in [0.29, 0.717) is 83.7 Å². The van der Waals surface area contributed by atoms with Gasteiger partial charge >= 0.3 is 36.1 Å². The number of alkyl carbamates (subject to hydrolysis) is 2. The fraction of sp³-hybridized carbons (Fsp3) is 0.500. The van der Waals surface area contributed by atoms with Crippen molar-refractivity contribution in [3.05, 3.63) is 179 Å². The number of methoxy groups -OCH3 is 3. The number of aromatic nitrogens is 8. The summed E-state index contributed by atoms with van der Waals surface area (Å²) >= 11 is 3.42. The van der Waals surface area contributed by atoms with E-state index in [9.17, 15) is 33.6 Å². The number of carbonyl (C=O) groups excluding carboxylic acids is 6. The molecule has 0 aliphatic carbocycles. The summed E-state index contributed by atoms with van der Waals surface area (Å²) in [6.07, 6.45) is 7.71. The molecule has 7 heterocycles. The quantitative estimate of drug-likeness (QED) is 0.00869. The summed E-state index contributed by atoms with van der Waals surface area (Å²) in [4.78, 5) is 118. The molecular formula is C94H134BrN19O15. The molecule has 3 fully saturated rings. The molecule has 5 amide bonds. The molecule has 9 N–H and O–H groups in total.